The highest BCUT2D eigenvalue weighted by Crippen LogP contribution is 2.20. The fourth-order valence-electron chi connectivity index (χ4n) is 1.71. The minimum atomic E-state index is -0.0209. The van der Waals surface area contributed by atoms with Crippen LogP contribution in [0.4, 0.5) is 0 Å². The molecular formula is C12H15N3O. The van der Waals surface area contributed by atoms with Crippen LogP contribution in [-0.4, -0.2) is 16.7 Å². The molecule has 1 aromatic carbocycles. The molecule has 2 rings (SSSR count). The Bertz CT molecular complexity index is 439. The molecule has 0 aliphatic rings. The zero-order valence-corrected chi connectivity index (χ0v) is 9.47. The molecule has 1 N–H and O–H groups in total. The number of nitrogens with zero attached hydrogens (tertiary/aromatic N) is 2. The molecule has 0 saturated heterocycles. The molecule has 0 saturated carbocycles. The van der Waals surface area contributed by atoms with Gasteiger partial charge in [0, 0.05) is 0 Å². The van der Waals surface area contributed by atoms with Gasteiger partial charge in [0.15, 0.2) is 6.33 Å². The lowest BCUT2D eigenvalue weighted by Crippen LogP contribution is -2.22. The van der Waals surface area contributed by atoms with Gasteiger partial charge in [0.1, 0.15) is 6.04 Å². The molecule has 0 aliphatic heterocycles. The minimum Gasteiger partial charge on any atom is -0.338 e. The summed E-state index contributed by atoms with van der Waals surface area (Å²) >= 11 is 0. The summed E-state index contributed by atoms with van der Waals surface area (Å²) in [4.78, 5) is 4.10. The van der Waals surface area contributed by atoms with Gasteiger partial charge in [-0.05, 0) is 19.0 Å². The van der Waals surface area contributed by atoms with Gasteiger partial charge >= 0.3 is 0 Å². The van der Waals surface area contributed by atoms with Crippen LogP contribution in [0.1, 0.15) is 30.0 Å². The largest absolute Gasteiger partial charge is 0.338 e. The van der Waals surface area contributed by atoms with Crippen molar-refractivity contribution in [3.05, 3.63) is 47.6 Å². The van der Waals surface area contributed by atoms with E-state index in [0.717, 1.165) is 12.1 Å². The number of hydrogen-bond acceptors (Lipinski definition) is 4. The summed E-state index contributed by atoms with van der Waals surface area (Å²) in [6, 6.07) is 8.26. The maximum absolute atomic E-state index is 5.12. The molecule has 0 radical (unpaired) electrons. The number of nitrogens with one attached hydrogen (secondary N) is 1. The Kier molecular flexibility index (Phi) is 3.31. The highest BCUT2D eigenvalue weighted by Gasteiger charge is 2.17. The molecule has 16 heavy (non-hydrogen) atoms. The van der Waals surface area contributed by atoms with E-state index in [0.29, 0.717) is 5.89 Å². The highest BCUT2D eigenvalue weighted by atomic mass is 16.5. The predicted octanol–water partition coefficient (Wildman–Crippen LogP) is 2.08. The maximum atomic E-state index is 5.12. The number of aryl methyl sites for hydroxylation is 1. The molecule has 4 heteroatoms. The van der Waals surface area contributed by atoms with Gasteiger partial charge in [-0.25, -0.2) is 0 Å². The molecule has 2 aromatic rings. The van der Waals surface area contributed by atoms with E-state index < -0.39 is 0 Å². The van der Waals surface area contributed by atoms with Crippen molar-refractivity contribution in [2.45, 2.75) is 19.9 Å². The first-order valence-corrected chi connectivity index (χ1v) is 5.37. The van der Waals surface area contributed by atoms with E-state index >= 15 is 0 Å². The molecule has 1 atom stereocenters. The van der Waals surface area contributed by atoms with Crippen molar-refractivity contribution in [2.24, 2.45) is 0 Å². The van der Waals surface area contributed by atoms with E-state index in [2.05, 4.69) is 47.5 Å². The molecule has 84 valence electrons. The summed E-state index contributed by atoms with van der Waals surface area (Å²) in [5.41, 5.74) is 2.37. The van der Waals surface area contributed by atoms with Gasteiger partial charge in [-0.2, -0.15) is 4.98 Å². The minimum absolute atomic E-state index is 0.0209. The van der Waals surface area contributed by atoms with Gasteiger partial charge < -0.3 is 9.84 Å². The summed E-state index contributed by atoms with van der Waals surface area (Å²) in [7, 11) is 0. The van der Waals surface area contributed by atoms with E-state index in [1.165, 1.54) is 11.9 Å². The van der Waals surface area contributed by atoms with E-state index in [-0.39, 0.29) is 6.04 Å². The van der Waals surface area contributed by atoms with Crippen LogP contribution in [-0.2, 0) is 0 Å². The topological polar surface area (TPSA) is 51.0 Å². The average Bonchev–Trinajstić information content (AvgIpc) is 2.79. The highest BCUT2D eigenvalue weighted by molar-refractivity contribution is 5.28. The van der Waals surface area contributed by atoms with Crippen molar-refractivity contribution >= 4 is 0 Å². The van der Waals surface area contributed by atoms with Gasteiger partial charge in [0.05, 0.1) is 0 Å². The fraction of sp³-hybridized carbons (Fsp3) is 0.333. The Balaban J connectivity index is 2.33. The van der Waals surface area contributed by atoms with Crippen LogP contribution in [0.15, 0.2) is 35.1 Å². The van der Waals surface area contributed by atoms with E-state index in [1.54, 1.807) is 0 Å². The van der Waals surface area contributed by atoms with Crippen molar-refractivity contribution in [1.29, 1.82) is 0 Å². The van der Waals surface area contributed by atoms with Crippen molar-refractivity contribution < 1.29 is 4.52 Å². The Morgan fingerprint density at radius 1 is 1.44 bits per heavy atom. The van der Waals surface area contributed by atoms with E-state index in [1.807, 2.05) is 6.07 Å². The smallest absolute Gasteiger partial charge is 0.248 e. The lowest BCUT2D eigenvalue weighted by atomic mass is 10.0. The van der Waals surface area contributed by atoms with Crippen molar-refractivity contribution in [2.75, 3.05) is 6.54 Å². The first kappa shape index (κ1) is 10.8. The Hall–Kier alpha value is -1.68. The molecule has 1 unspecified atom stereocenters. The first-order chi connectivity index (χ1) is 7.81. The number of aromatic nitrogens is 2. The van der Waals surface area contributed by atoms with Gasteiger partial charge in [0.2, 0.25) is 5.89 Å². The Labute approximate surface area is 94.7 Å². The van der Waals surface area contributed by atoms with Gasteiger partial charge in [-0.3, -0.25) is 0 Å². The molecule has 1 aromatic heterocycles. The van der Waals surface area contributed by atoms with Crippen LogP contribution in [0, 0.1) is 6.92 Å². The Morgan fingerprint density at radius 2 is 2.31 bits per heavy atom. The van der Waals surface area contributed by atoms with Crippen LogP contribution in [0.5, 0.6) is 0 Å². The monoisotopic (exact) mass is 217 g/mol. The van der Waals surface area contributed by atoms with Crippen LogP contribution >= 0.6 is 0 Å². The molecule has 0 spiro atoms. The summed E-state index contributed by atoms with van der Waals surface area (Å²) in [5.74, 6) is 0.604. The second-order valence-corrected chi connectivity index (χ2v) is 3.68. The molecule has 0 fully saturated rings. The van der Waals surface area contributed by atoms with Crippen molar-refractivity contribution in [3.8, 4) is 0 Å². The average molecular weight is 217 g/mol. The molecule has 4 nitrogen and oxygen atoms in total. The van der Waals surface area contributed by atoms with Crippen LogP contribution in [0.3, 0.4) is 0 Å². The second-order valence-electron chi connectivity index (χ2n) is 3.68. The third-order valence-electron chi connectivity index (χ3n) is 2.41. The fourth-order valence-corrected chi connectivity index (χ4v) is 1.71. The zero-order valence-electron chi connectivity index (χ0n) is 9.47. The third kappa shape index (κ3) is 2.28. The standard InChI is InChI=1S/C12H15N3O/c1-3-13-11(12-14-8-15-16-12)10-6-4-5-9(2)7-10/h4-8,11,13H,3H2,1-2H3. The quantitative estimate of drug-likeness (QED) is 0.851. The molecular weight excluding hydrogens is 202 g/mol. The van der Waals surface area contributed by atoms with Crippen LogP contribution < -0.4 is 5.32 Å². The predicted molar refractivity (Wildman–Crippen MR) is 61.0 cm³/mol. The molecule has 0 amide bonds. The molecule has 1 heterocycles. The molecule has 0 bridgehead atoms. The van der Waals surface area contributed by atoms with E-state index in [4.69, 9.17) is 4.52 Å². The summed E-state index contributed by atoms with van der Waals surface area (Å²) < 4.78 is 5.12. The SMILES string of the molecule is CCNC(c1cccc(C)c1)c1ncno1. The van der Waals surface area contributed by atoms with E-state index in [9.17, 15) is 0 Å². The molecule has 0 aliphatic carbocycles. The number of rotatable bonds is 4. The summed E-state index contributed by atoms with van der Waals surface area (Å²) in [5, 5.41) is 6.98. The normalized spacial score (nSPS) is 12.6. The second kappa shape index (κ2) is 4.90. The first-order valence-electron chi connectivity index (χ1n) is 5.37. The van der Waals surface area contributed by atoms with Gasteiger partial charge in [-0.15, -0.1) is 0 Å². The summed E-state index contributed by atoms with van der Waals surface area (Å²) in [6.45, 7) is 4.97. The lowest BCUT2D eigenvalue weighted by molar-refractivity contribution is 0.349. The third-order valence-corrected chi connectivity index (χ3v) is 2.41. The summed E-state index contributed by atoms with van der Waals surface area (Å²) in [6.07, 6.45) is 1.43. The van der Waals surface area contributed by atoms with Gasteiger partial charge in [0.25, 0.3) is 0 Å². The van der Waals surface area contributed by atoms with Gasteiger partial charge in [-0.1, -0.05) is 41.9 Å². The lowest BCUT2D eigenvalue weighted by Gasteiger charge is -2.14. The van der Waals surface area contributed by atoms with Crippen molar-refractivity contribution in [1.82, 2.24) is 15.5 Å². The number of benzene rings is 1. The van der Waals surface area contributed by atoms with Crippen LogP contribution in [0.2, 0.25) is 0 Å². The maximum Gasteiger partial charge on any atom is 0.248 e. The number of hydrogen-bond donors (Lipinski definition) is 1. The Morgan fingerprint density at radius 3 is 2.94 bits per heavy atom. The van der Waals surface area contributed by atoms with Crippen LogP contribution in [0.25, 0.3) is 0 Å². The van der Waals surface area contributed by atoms with Crippen molar-refractivity contribution in [3.63, 3.8) is 0 Å². The zero-order chi connectivity index (χ0) is 11.4.